The molecule has 2 aromatic carbocycles. The van der Waals surface area contributed by atoms with Crippen molar-refractivity contribution in [3.63, 3.8) is 0 Å². The number of carbonyl (C=O) groups excluding carboxylic acids is 2. The van der Waals surface area contributed by atoms with Crippen LogP contribution in [-0.2, 0) is 16.0 Å². The summed E-state index contributed by atoms with van der Waals surface area (Å²) in [5.41, 5.74) is 4.76. The van der Waals surface area contributed by atoms with Gasteiger partial charge in [-0.1, -0.05) is 42.0 Å². The highest BCUT2D eigenvalue weighted by atomic mass is 16.3. The smallest absolute Gasteiger partial charge is 0.262 e. The summed E-state index contributed by atoms with van der Waals surface area (Å²) >= 11 is 0. The first-order valence-corrected chi connectivity index (χ1v) is 11.5. The molecule has 2 heterocycles. The van der Waals surface area contributed by atoms with Gasteiger partial charge in [-0.2, -0.15) is 5.10 Å². The lowest BCUT2D eigenvalue weighted by molar-refractivity contribution is -0.131. The fourth-order valence-electron chi connectivity index (χ4n) is 3.92. The second kappa shape index (κ2) is 10.4. The molecule has 0 fully saturated rings. The summed E-state index contributed by atoms with van der Waals surface area (Å²) in [6.07, 6.45) is 2.53. The highest BCUT2D eigenvalue weighted by molar-refractivity contribution is 6.03. The number of amides is 2. The molecule has 3 aromatic rings. The third-order valence-electron chi connectivity index (χ3n) is 5.63. The van der Waals surface area contributed by atoms with Gasteiger partial charge in [0.05, 0.1) is 24.9 Å². The fourth-order valence-corrected chi connectivity index (χ4v) is 3.92. The van der Waals surface area contributed by atoms with Crippen molar-refractivity contribution in [1.29, 1.82) is 0 Å². The maximum Gasteiger partial charge on any atom is 0.262 e. The summed E-state index contributed by atoms with van der Waals surface area (Å²) < 4.78 is 5.61. The van der Waals surface area contributed by atoms with E-state index < -0.39 is 0 Å². The summed E-state index contributed by atoms with van der Waals surface area (Å²) in [7, 11) is 0. The van der Waals surface area contributed by atoms with E-state index in [2.05, 4.69) is 15.7 Å². The number of hydrogen-bond acceptors (Lipinski definition) is 5. The Hall–Kier alpha value is -3.87. The van der Waals surface area contributed by atoms with Crippen LogP contribution < -0.4 is 10.6 Å². The Morgan fingerprint density at radius 3 is 2.47 bits per heavy atom. The SMILES string of the molecule is Cc1ccc(C2=NN(C(=O)CNc3ccc(CC(=O)NC(C)C)cc3)C(c3ccco3)C2)cc1. The maximum atomic E-state index is 13.1. The summed E-state index contributed by atoms with van der Waals surface area (Å²) in [6, 6.07) is 19.2. The molecule has 0 spiro atoms. The molecule has 0 aliphatic carbocycles. The highest BCUT2D eigenvalue weighted by Crippen LogP contribution is 2.33. The van der Waals surface area contributed by atoms with Crippen LogP contribution in [0.4, 0.5) is 5.69 Å². The average molecular weight is 459 g/mol. The van der Waals surface area contributed by atoms with Crippen LogP contribution in [0.3, 0.4) is 0 Å². The van der Waals surface area contributed by atoms with Gasteiger partial charge >= 0.3 is 0 Å². The number of rotatable bonds is 8. The molecule has 34 heavy (non-hydrogen) atoms. The number of hydrogen-bond donors (Lipinski definition) is 2. The van der Waals surface area contributed by atoms with Crippen LogP contribution >= 0.6 is 0 Å². The van der Waals surface area contributed by atoms with Gasteiger partial charge in [-0.3, -0.25) is 9.59 Å². The minimum atomic E-state index is -0.276. The number of aryl methyl sites for hydroxylation is 1. The van der Waals surface area contributed by atoms with E-state index in [0.717, 1.165) is 22.5 Å². The second-order valence-electron chi connectivity index (χ2n) is 8.84. The molecule has 4 rings (SSSR count). The predicted molar refractivity (Wildman–Crippen MR) is 133 cm³/mol. The van der Waals surface area contributed by atoms with Gasteiger partial charge in [0.1, 0.15) is 11.8 Å². The Balaban J connectivity index is 1.42. The summed E-state index contributed by atoms with van der Waals surface area (Å²) in [5.74, 6) is 0.554. The lowest BCUT2D eigenvalue weighted by Crippen LogP contribution is -2.32. The predicted octanol–water partition coefficient (Wildman–Crippen LogP) is 4.44. The molecule has 1 atom stereocenters. The molecule has 7 nitrogen and oxygen atoms in total. The van der Waals surface area contributed by atoms with Crippen LogP contribution in [0.2, 0.25) is 0 Å². The molecular weight excluding hydrogens is 428 g/mol. The zero-order valence-corrected chi connectivity index (χ0v) is 19.7. The van der Waals surface area contributed by atoms with Crippen molar-refractivity contribution in [2.45, 2.75) is 45.7 Å². The van der Waals surface area contributed by atoms with Crippen molar-refractivity contribution >= 4 is 23.2 Å². The molecule has 7 heteroatoms. The standard InChI is InChI=1S/C27H30N4O3/c1-18(2)29-26(32)15-20-8-12-22(13-9-20)28-17-27(33)31-24(25-5-4-14-34-25)16-23(30-31)21-10-6-19(3)7-11-21/h4-14,18,24,28H,15-17H2,1-3H3,(H,29,32). The van der Waals surface area contributed by atoms with Crippen molar-refractivity contribution in [3.05, 3.63) is 89.4 Å². The number of carbonyl (C=O) groups is 2. The van der Waals surface area contributed by atoms with Gasteiger partial charge in [-0.05, 0) is 56.2 Å². The molecule has 1 aromatic heterocycles. The molecular formula is C27H30N4O3. The van der Waals surface area contributed by atoms with Crippen molar-refractivity contribution in [2.75, 3.05) is 11.9 Å². The number of anilines is 1. The van der Waals surface area contributed by atoms with Gasteiger partial charge < -0.3 is 15.1 Å². The van der Waals surface area contributed by atoms with E-state index in [1.165, 1.54) is 10.6 Å². The molecule has 0 bridgehead atoms. The Morgan fingerprint density at radius 2 is 1.82 bits per heavy atom. The lowest BCUT2D eigenvalue weighted by Gasteiger charge is -2.20. The number of hydrazone groups is 1. The number of benzene rings is 2. The summed E-state index contributed by atoms with van der Waals surface area (Å²) in [5, 5.41) is 12.2. The molecule has 0 radical (unpaired) electrons. The summed E-state index contributed by atoms with van der Waals surface area (Å²) in [6.45, 7) is 6.01. The van der Waals surface area contributed by atoms with E-state index in [4.69, 9.17) is 4.42 Å². The third-order valence-corrected chi connectivity index (χ3v) is 5.63. The topological polar surface area (TPSA) is 86.9 Å². The van der Waals surface area contributed by atoms with E-state index >= 15 is 0 Å². The first-order chi connectivity index (χ1) is 16.4. The van der Waals surface area contributed by atoms with Crippen molar-refractivity contribution < 1.29 is 14.0 Å². The summed E-state index contributed by atoms with van der Waals surface area (Å²) in [4.78, 5) is 25.1. The van der Waals surface area contributed by atoms with Crippen molar-refractivity contribution in [3.8, 4) is 0 Å². The third kappa shape index (κ3) is 5.73. The second-order valence-corrected chi connectivity index (χ2v) is 8.84. The number of nitrogens with zero attached hydrogens (tertiary/aromatic N) is 2. The Labute approximate surface area is 199 Å². The largest absolute Gasteiger partial charge is 0.467 e. The van der Waals surface area contributed by atoms with Gasteiger partial charge in [0.25, 0.3) is 5.91 Å². The zero-order valence-electron chi connectivity index (χ0n) is 19.7. The Kier molecular flexibility index (Phi) is 7.11. The molecule has 0 saturated heterocycles. The van der Waals surface area contributed by atoms with Crippen LogP contribution in [0.5, 0.6) is 0 Å². The highest BCUT2D eigenvalue weighted by Gasteiger charge is 2.34. The van der Waals surface area contributed by atoms with E-state index in [0.29, 0.717) is 18.6 Å². The van der Waals surface area contributed by atoms with Gasteiger partial charge in [0.2, 0.25) is 5.91 Å². The van der Waals surface area contributed by atoms with Crippen LogP contribution in [0.1, 0.15) is 48.8 Å². The first kappa shape index (κ1) is 23.3. The molecule has 176 valence electrons. The molecule has 2 amide bonds. The van der Waals surface area contributed by atoms with Gasteiger partial charge in [0.15, 0.2) is 0 Å². The molecule has 1 aliphatic heterocycles. The molecule has 1 unspecified atom stereocenters. The number of furan rings is 1. The zero-order chi connectivity index (χ0) is 24.1. The Bertz CT molecular complexity index is 1150. The Morgan fingerprint density at radius 1 is 1.09 bits per heavy atom. The minimum Gasteiger partial charge on any atom is -0.467 e. The quantitative estimate of drug-likeness (QED) is 0.522. The van der Waals surface area contributed by atoms with Gasteiger partial charge in [0, 0.05) is 18.2 Å². The fraction of sp³-hybridized carbons (Fsp3) is 0.296. The molecule has 2 N–H and O–H groups in total. The van der Waals surface area contributed by atoms with Crippen LogP contribution in [0, 0.1) is 6.92 Å². The average Bonchev–Trinajstić information content (AvgIpc) is 3.48. The van der Waals surface area contributed by atoms with Crippen LogP contribution in [-0.4, -0.2) is 35.1 Å². The lowest BCUT2D eigenvalue weighted by atomic mass is 10.0. The normalized spacial score (nSPS) is 15.4. The van der Waals surface area contributed by atoms with E-state index in [9.17, 15) is 9.59 Å². The van der Waals surface area contributed by atoms with Crippen molar-refractivity contribution in [1.82, 2.24) is 10.3 Å². The minimum absolute atomic E-state index is 0.00821. The van der Waals surface area contributed by atoms with Crippen molar-refractivity contribution in [2.24, 2.45) is 5.10 Å². The monoisotopic (exact) mass is 458 g/mol. The van der Waals surface area contributed by atoms with Gasteiger partial charge in [-0.25, -0.2) is 5.01 Å². The molecule has 1 aliphatic rings. The number of nitrogens with one attached hydrogen (secondary N) is 2. The van der Waals surface area contributed by atoms with Crippen LogP contribution in [0.15, 0.2) is 76.4 Å². The van der Waals surface area contributed by atoms with E-state index in [1.54, 1.807) is 6.26 Å². The maximum absolute atomic E-state index is 13.1. The van der Waals surface area contributed by atoms with Gasteiger partial charge in [-0.15, -0.1) is 0 Å². The molecule has 0 saturated carbocycles. The van der Waals surface area contributed by atoms with E-state index in [1.807, 2.05) is 81.4 Å². The van der Waals surface area contributed by atoms with Crippen LogP contribution in [0.25, 0.3) is 0 Å². The first-order valence-electron chi connectivity index (χ1n) is 11.5. The van der Waals surface area contributed by atoms with E-state index in [-0.39, 0.29) is 30.4 Å².